The fourth-order valence-corrected chi connectivity index (χ4v) is 1.83. The highest BCUT2D eigenvalue weighted by molar-refractivity contribution is 6.05. The van der Waals surface area contributed by atoms with E-state index >= 15 is 0 Å². The van der Waals surface area contributed by atoms with E-state index < -0.39 is 40.7 Å². The second kappa shape index (κ2) is 3.87. The molecule has 2 rings (SSSR count). The zero-order valence-electron chi connectivity index (χ0n) is 8.84. The van der Waals surface area contributed by atoms with Gasteiger partial charge in [0.15, 0.2) is 11.6 Å². The third-order valence-corrected chi connectivity index (χ3v) is 2.78. The van der Waals surface area contributed by atoms with Crippen molar-refractivity contribution in [1.82, 2.24) is 4.90 Å². The summed E-state index contributed by atoms with van der Waals surface area (Å²) in [6.07, 6.45) is -0.269. The zero-order valence-corrected chi connectivity index (χ0v) is 8.84. The van der Waals surface area contributed by atoms with Crippen molar-refractivity contribution in [2.24, 2.45) is 0 Å². The van der Waals surface area contributed by atoms with Crippen molar-refractivity contribution in [1.29, 1.82) is 0 Å². The second-order valence-corrected chi connectivity index (χ2v) is 3.84. The number of halogens is 3. The zero-order chi connectivity index (χ0) is 12.7. The highest BCUT2D eigenvalue weighted by Gasteiger charge is 2.39. The van der Waals surface area contributed by atoms with Crippen molar-refractivity contribution < 1.29 is 22.8 Å². The van der Waals surface area contributed by atoms with Gasteiger partial charge in [0.05, 0.1) is 5.92 Å². The first-order valence-electron chi connectivity index (χ1n) is 4.86. The van der Waals surface area contributed by atoms with E-state index in [1.54, 1.807) is 0 Å². The fourth-order valence-electron chi connectivity index (χ4n) is 1.83. The number of carbonyl (C=O) groups is 2. The summed E-state index contributed by atoms with van der Waals surface area (Å²) in [4.78, 5) is 23.7. The molecule has 0 radical (unpaired) electrons. The summed E-state index contributed by atoms with van der Waals surface area (Å²) < 4.78 is 39.4. The van der Waals surface area contributed by atoms with Crippen molar-refractivity contribution >= 4 is 11.8 Å². The molecule has 6 heteroatoms. The van der Waals surface area contributed by atoms with Gasteiger partial charge in [-0.3, -0.25) is 14.5 Å². The largest absolute Gasteiger partial charge is 0.285 e. The van der Waals surface area contributed by atoms with Crippen LogP contribution in [-0.4, -0.2) is 23.8 Å². The Bertz CT molecular complexity index is 516. The summed E-state index contributed by atoms with van der Waals surface area (Å²) in [5, 5.41) is 0. The molecular formula is C11H8F3NO2. The first kappa shape index (κ1) is 11.6. The SMILES string of the molecule is CN1C(=O)CC(c2cc(F)cc(F)c2F)C1=O. The number of imide groups is 1. The second-order valence-electron chi connectivity index (χ2n) is 3.84. The topological polar surface area (TPSA) is 37.4 Å². The Morgan fingerprint density at radius 3 is 2.41 bits per heavy atom. The van der Waals surface area contributed by atoms with Gasteiger partial charge in [-0.2, -0.15) is 0 Å². The van der Waals surface area contributed by atoms with Gasteiger partial charge >= 0.3 is 0 Å². The number of hydrogen-bond acceptors (Lipinski definition) is 2. The van der Waals surface area contributed by atoms with Crippen molar-refractivity contribution in [2.45, 2.75) is 12.3 Å². The number of rotatable bonds is 1. The fraction of sp³-hybridized carbons (Fsp3) is 0.273. The van der Waals surface area contributed by atoms with Crippen LogP contribution in [0.3, 0.4) is 0 Å². The number of carbonyl (C=O) groups excluding carboxylic acids is 2. The van der Waals surface area contributed by atoms with Gasteiger partial charge in [0.25, 0.3) is 0 Å². The average Bonchev–Trinajstić information content (AvgIpc) is 2.51. The van der Waals surface area contributed by atoms with E-state index in [0.717, 1.165) is 11.0 Å². The Morgan fingerprint density at radius 2 is 1.88 bits per heavy atom. The summed E-state index contributed by atoms with van der Waals surface area (Å²) >= 11 is 0. The molecule has 90 valence electrons. The molecule has 0 N–H and O–H groups in total. The number of nitrogens with zero attached hydrogens (tertiary/aromatic N) is 1. The smallest absolute Gasteiger partial charge is 0.237 e. The average molecular weight is 243 g/mol. The van der Waals surface area contributed by atoms with Crippen LogP contribution in [0.15, 0.2) is 12.1 Å². The first-order valence-corrected chi connectivity index (χ1v) is 4.86. The summed E-state index contributed by atoms with van der Waals surface area (Å²) in [5.41, 5.74) is -0.412. The van der Waals surface area contributed by atoms with Gasteiger partial charge < -0.3 is 0 Å². The molecule has 0 aromatic heterocycles. The van der Waals surface area contributed by atoms with Crippen molar-refractivity contribution in [2.75, 3.05) is 7.05 Å². The molecule has 1 fully saturated rings. The maximum Gasteiger partial charge on any atom is 0.237 e. The molecule has 0 aliphatic carbocycles. The van der Waals surface area contributed by atoms with Crippen molar-refractivity contribution in [3.63, 3.8) is 0 Å². The highest BCUT2D eigenvalue weighted by atomic mass is 19.2. The van der Waals surface area contributed by atoms with Crippen LogP contribution in [0.4, 0.5) is 13.2 Å². The predicted molar refractivity (Wildman–Crippen MR) is 51.5 cm³/mol. The molecule has 3 nitrogen and oxygen atoms in total. The van der Waals surface area contributed by atoms with Crippen LogP contribution in [-0.2, 0) is 9.59 Å². The minimum absolute atomic E-state index is 0.269. The van der Waals surface area contributed by atoms with Gasteiger partial charge in [-0.25, -0.2) is 13.2 Å². The predicted octanol–water partition coefficient (Wildman–Crippen LogP) is 1.58. The number of likely N-dealkylation sites (tertiary alicyclic amines) is 1. The molecular weight excluding hydrogens is 235 g/mol. The van der Waals surface area contributed by atoms with Gasteiger partial charge in [0.1, 0.15) is 5.82 Å². The summed E-state index contributed by atoms with van der Waals surface area (Å²) in [6.45, 7) is 0. The number of hydrogen-bond donors (Lipinski definition) is 0. The highest BCUT2D eigenvalue weighted by Crippen LogP contribution is 2.31. The molecule has 1 atom stereocenters. The van der Waals surface area contributed by atoms with E-state index in [-0.39, 0.29) is 6.42 Å². The minimum atomic E-state index is -1.37. The Labute approximate surface area is 94.8 Å². The Morgan fingerprint density at radius 1 is 1.24 bits per heavy atom. The van der Waals surface area contributed by atoms with Crippen LogP contribution in [0.25, 0.3) is 0 Å². The molecule has 1 aliphatic heterocycles. The summed E-state index contributed by atoms with van der Waals surface area (Å²) in [6, 6.07) is 1.14. The Balaban J connectivity index is 2.49. The van der Waals surface area contributed by atoms with E-state index in [4.69, 9.17) is 0 Å². The molecule has 2 amide bonds. The molecule has 1 unspecified atom stereocenters. The quantitative estimate of drug-likeness (QED) is 0.554. The lowest BCUT2D eigenvalue weighted by atomic mass is 9.96. The van der Waals surface area contributed by atoms with Gasteiger partial charge in [-0.15, -0.1) is 0 Å². The normalized spacial score (nSPS) is 20.2. The Hall–Kier alpha value is -1.85. The molecule has 0 saturated carbocycles. The molecule has 1 heterocycles. The third kappa shape index (κ3) is 1.79. The van der Waals surface area contributed by atoms with Gasteiger partial charge in [0, 0.05) is 25.1 Å². The summed E-state index contributed by atoms with van der Waals surface area (Å²) in [5.74, 6) is -5.92. The number of benzene rings is 1. The minimum Gasteiger partial charge on any atom is -0.285 e. The maximum absolute atomic E-state index is 13.4. The van der Waals surface area contributed by atoms with E-state index in [1.807, 2.05) is 0 Å². The summed E-state index contributed by atoms with van der Waals surface area (Å²) in [7, 11) is 1.25. The third-order valence-electron chi connectivity index (χ3n) is 2.78. The lowest BCUT2D eigenvalue weighted by molar-refractivity contribution is -0.137. The standard InChI is InChI=1S/C11H8F3NO2/c1-15-9(16)4-7(11(15)17)6-2-5(12)3-8(13)10(6)14/h2-3,7H,4H2,1H3. The van der Waals surface area contributed by atoms with Crippen LogP contribution in [0.2, 0.25) is 0 Å². The lowest BCUT2D eigenvalue weighted by Crippen LogP contribution is -2.25. The van der Waals surface area contributed by atoms with Gasteiger partial charge in [-0.05, 0) is 6.07 Å². The molecule has 1 aliphatic rings. The number of amides is 2. The molecule has 0 spiro atoms. The monoisotopic (exact) mass is 243 g/mol. The molecule has 1 saturated heterocycles. The lowest BCUT2D eigenvalue weighted by Gasteiger charge is -2.10. The van der Waals surface area contributed by atoms with E-state index in [0.29, 0.717) is 6.07 Å². The van der Waals surface area contributed by atoms with E-state index in [9.17, 15) is 22.8 Å². The molecule has 0 bridgehead atoms. The molecule has 1 aromatic rings. The molecule has 17 heavy (non-hydrogen) atoms. The van der Waals surface area contributed by atoms with Crippen LogP contribution >= 0.6 is 0 Å². The van der Waals surface area contributed by atoms with Gasteiger partial charge in [0.2, 0.25) is 11.8 Å². The van der Waals surface area contributed by atoms with Crippen molar-refractivity contribution in [3.05, 3.63) is 35.1 Å². The molecule has 1 aromatic carbocycles. The first-order chi connectivity index (χ1) is 7.91. The van der Waals surface area contributed by atoms with Crippen LogP contribution in [0, 0.1) is 17.5 Å². The van der Waals surface area contributed by atoms with Crippen LogP contribution in [0.1, 0.15) is 17.9 Å². The van der Waals surface area contributed by atoms with E-state index in [1.165, 1.54) is 7.05 Å². The van der Waals surface area contributed by atoms with E-state index in [2.05, 4.69) is 0 Å². The van der Waals surface area contributed by atoms with Gasteiger partial charge in [-0.1, -0.05) is 0 Å². The van der Waals surface area contributed by atoms with Crippen LogP contribution < -0.4 is 0 Å². The Kier molecular flexibility index (Phi) is 2.65. The number of likely N-dealkylation sites (N-methyl/N-ethyl adjacent to an activating group) is 1. The maximum atomic E-state index is 13.4. The van der Waals surface area contributed by atoms with Crippen LogP contribution in [0.5, 0.6) is 0 Å². The van der Waals surface area contributed by atoms with Crippen molar-refractivity contribution in [3.8, 4) is 0 Å².